The third kappa shape index (κ3) is 1.90. The van der Waals surface area contributed by atoms with Gasteiger partial charge in [0.2, 0.25) is 0 Å². The summed E-state index contributed by atoms with van der Waals surface area (Å²) in [4.78, 5) is 15.2. The van der Waals surface area contributed by atoms with E-state index in [0.29, 0.717) is 5.69 Å². The zero-order valence-electron chi connectivity index (χ0n) is 8.83. The minimum Gasteiger partial charge on any atom is -0.469 e. The second-order valence-electron chi connectivity index (χ2n) is 3.41. The van der Waals surface area contributed by atoms with Gasteiger partial charge in [-0.05, 0) is 12.1 Å². The summed E-state index contributed by atoms with van der Waals surface area (Å²) in [7, 11) is 1.30. The maximum absolute atomic E-state index is 11.0. The van der Waals surface area contributed by atoms with Crippen LogP contribution in [0, 0.1) is 0 Å². The number of carbonyl (C=O) groups is 1. The molecule has 1 atom stereocenters. The van der Waals surface area contributed by atoms with Gasteiger partial charge in [-0.1, -0.05) is 6.07 Å². The second-order valence-corrected chi connectivity index (χ2v) is 3.41. The Balaban J connectivity index is 2.29. The predicted molar refractivity (Wildman–Crippen MR) is 56.8 cm³/mol. The van der Waals surface area contributed by atoms with E-state index in [1.165, 1.54) is 7.11 Å². The fourth-order valence-corrected chi connectivity index (χ4v) is 1.54. The number of nitrogens with zero attached hydrogens (tertiary/aromatic N) is 2. The lowest BCUT2D eigenvalue weighted by atomic mass is 10.2. The van der Waals surface area contributed by atoms with E-state index in [0.717, 1.165) is 5.65 Å². The lowest BCUT2D eigenvalue weighted by molar-refractivity contribution is -0.142. The normalized spacial score (nSPS) is 12.6. The van der Waals surface area contributed by atoms with Gasteiger partial charge < -0.3 is 14.2 Å². The number of hydrogen-bond acceptors (Lipinski definition) is 4. The number of pyridine rings is 1. The van der Waals surface area contributed by atoms with Gasteiger partial charge in [0.15, 0.2) is 0 Å². The Morgan fingerprint density at radius 3 is 3.19 bits per heavy atom. The Hall–Kier alpha value is -1.88. The third-order valence-corrected chi connectivity index (χ3v) is 2.37. The van der Waals surface area contributed by atoms with E-state index in [9.17, 15) is 9.90 Å². The molecule has 1 N–H and O–H groups in total. The van der Waals surface area contributed by atoms with E-state index in [1.54, 1.807) is 16.8 Å². The molecule has 5 heteroatoms. The molecule has 0 bridgehead atoms. The van der Waals surface area contributed by atoms with Gasteiger partial charge in [0.25, 0.3) is 0 Å². The summed E-state index contributed by atoms with van der Waals surface area (Å²) in [5, 5.41) is 9.85. The van der Waals surface area contributed by atoms with Crippen molar-refractivity contribution in [2.24, 2.45) is 0 Å². The van der Waals surface area contributed by atoms with Crippen molar-refractivity contribution in [2.75, 3.05) is 7.11 Å². The highest BCUT2D eigenvalue weighted by molar-refractivity contribution is 5.70. The van der Waals surface area contributed by atoms with Crippen molar-refractivity contribution in [3.8, 4) is 0 Å². The van der Waals surface area contributed by atoms with Gasteiger partial charge in [-0.15, -0.1) is 0 Å². The molecule has 0 saturated heterocycles. The van der Waals surface area contributed by atoms with Crippen LogP contribution in [0.3, 0.4) is 0 Å². The molecule has 0 aromatic carbocycles. The molecule has 2 aromatic heterocycles. The fraction of sp³-hybridized carbons (Fsp3) is 0.273. The van der Waals surface area contributed by atoms with E-state index in [4.69, 9.17) is 0 Å². The van der Waals surface area contributed by atoms with Crippen LogP contribution in [-0.2, 0) is 9.53 Å². The zero-order valence-corrected chi connectivity index (χ0v) is 8.83. The minimum absolute atomic E-state index is 0.0703. The molecule has 0 amide bonds. The number of carbonyl (C=O) groups excluding carboxylic acids is 1. The molecule has 2 rings (SSSR count). The summed E-state index contributed by atoms with van der Waals surface area (Å²) in [6.07, 6.45) is 2.38. The van der Waals surface area contributed by atoms with E-state index in [2.05, 4.69) is 9.72 Å². The van der Waals surface area contributed by atoms with Gasteiger partial charge in [-0.2, -0.15) is 0 Å². The first-order chi connectivity index (χ1) is 7.72. The van der Waals surface area contributed by atoms with Crippen LogP contribution in [0.2, 0.25) is 0 Å². The van der Waals surface area contributed by atoms with E-state index >= 15 is 0 Å². The summed E-state index contributed by atoms with van der Waals surface area (Å²) in [6, 6.07) is 5.52. The molecule has 2 aromatic rings. The average Bonchev–Trinajstić information content (AvgIpc) is 2.72. The van der Waals surface area contributed by atoms with Gasteiger partial charge in [0, 0.05) is 6.20 Å². The molecule has 0 aliphatic carbocycles. The molecule has 16 heavy (non-hydrogen) atoms. The lowest BCUT2D eigenvalue weighted by Crippen LogP contribution is -2.09. The van der Waals surface area contributed by atoms with Gasteiger partial charge >= 0.3 is 5.97 Å². The van der Waals surface area contributed by atoms with Crippen molar-refractivity contribution in [3.05, 3.63) is 36.3 Å². The van der Waals surface area contributed by atoms with Crippen LogP contribution in [0.25, 0.3) is 5.65 Å². The highest BCUT2D eigenvalue weighted by atomic mass is 16.5. The smallest absolute Gasteiger partial charge is 0.308 e. The zero-order chi connectivity index (χ0) is 11.5. The molecule has 0 spiro atoms. The topological polar surface area (TPSA) is 63.8 Å². The van der Waals surface area contributed by atoms with Crippen LogP contribution in [0.4, 0.5) is 0 Å². The molecule has 0 aliphatic heterocycles. The molecule has 0 saturated carbocycles. The Morgan fingerprint density at radius 2 is 2.44 bits per heavy atom. The number of hydrogen-bond donors (Lipinski definition) is 1. The number of fused-ring (bicyclic) bond motifs is 1. The lowest BCUT2D eigenvalue weighted by Gasteiger charge is -2.08. The first-order valence-corrected chi connectivity index (χ1v) is 4.89. The van der Waals surface area contributed by atoms with Gasteiger partial charge in [-0.25, -0.2) is 4.98 Å². The number of imidazole rings is 1. The molecule has 84 valence electrons. The minimum atomic E-state index is -0.898. The van der Waals surface area contributed by atoms with Crippen molar-refractivity contribution in [1.82, 2.24) is 9.38 Å². The molecular weight excluding hydrogens is 208 g/mol. The number of ether oxygens (including phenoxy) is 1. The Bertz CT molecular complexity index is 507. The van der Waals surface area contributed by atoms with Crippen LogP contribution < -0.4 is 0 Å². The predicted octanol–water partition coefficient (Wildman–Crippen LogP) is 0.931. The van der Waals surface area contributed by atoms with Gasteiger partial charge in [0.05, 0.1) is 25.4 Å². The van der Waals surface area contributed by atoms with Gasteiger partial charge in [0.1, 0.15) is 11.8 Å². The SMILES string of the molecule is COC(=O)C[C@@H](O)c1cnc2ccccn12. The van der Waals surface area contributed by atoms with E-state index in [1.807, 2.05) is 18.2 Å². The third-order valence-electron chi connectivity index (χ3n) is 2.37. The van der Waals surface area contributed by atoms with E-state index in [-0.39, 0.29) is 6.42 Å². The van der Waals surface area contributed by atoms with Crippen LogP contribution in [-0.4, -0.2) is 27.6 Å². The van der Waals surface area contributed by atoms with Crippen molar-refractivity contribution in [2.45, 2.75) is 12.5 Å². The average molecular weight is 220 g/mol. The molecule has 0 unspecified atom stereocenters. The standard InChI is InChI=1S/C11H12N2O3/c1-16-11(15)6-9(14)8-7-12-10-4-2-3-5-13(8)10/h2-5,7,9,14H,6H2,1H3/t9-/m1/s1. The maximum Gasteiger partial charge on any atom is 0.308 e. The second kappa shape index (κ2) is 4.32. The van der Waals surface area contributed by atoms with Crippen molar-refractivity contribution < 1.29 is 14.6 Å². The Morgan fingerprint density at radius 1 is 1.62 bits per heavy atom. The quantitative estimate of drug-likeness (QED) is 0.781. The molecule has 0 radical (unpaired) electrons. The molecule has 0 fully saturated rings. The number of aliphatic hydroxyl groups is 1. The molecule has 2 heterocycles. The van der Waals surface area contributed by atoms with Crippen LogP contribution in [0.15, 0.2) is 30.6 Å². The molecular formula is C11H12N2O3. The van der Waals surface area contributed by atoms with Crippen molar-refractivity contribution >= 4 is 11.6 Å². The number of rotatable bonds is 3. The summed E-state index contributed by atoms with van der Waals surface area (Å²) in [5.74, 6) is -0.446. The molecule has 0 aliphatic rings. The number of methoxy groups -OCH3 is 1. The number of aliphatic hydroxyl groups excluding tert-OH is 1. The monoisotopic (exact) mass is 220 g/mol. The largest absolute Gasteiger partial charge is 0.469 e. The molecule has 5 nitrogen and oxygen atoms in total. The van der Waals surface area contributed by atoms with Gasteiger partial charge in [-0.3, -0.25) is 4.79 Å². The maximum atomic E-state index is 11.0. The summed E-state index contributed by atoms with van der Waals surface area (Å²) in [6.45, 7) is 0. The summed E-state index contributed by atoms with van der Waals surface area (Å²) in [5.41, 5.74) is 1.32. The highest BCUT2D eigenvalue weighted by Gasteiger charge is 2.16. The van der Waals surface area contributed by atoms with Crippen LogP contribution in [0.5, 0.6) is 0 Å². The summed E-state index contributed by atoms with van der Waals surface area (Å²) < 4.78 is 6.25. The number of esters is 1. The van der Waals surface area contributed by atoms with Crippen molar-refractivity contribution in [1.29, 1.82) is 0 Å². The highest BCUT2D eigenvalue weighted by Crippen LogP contribution is 2.18. The van der Waals surface area contributed by atoms with Crippen LogP contribution in [0.1, 0.15) is 18.2 Å². The first kappa shape index (κ1) is 10.6. The first-order valence-electron chi connectivity index (χ1n) is 4.89. The van der Waals surface area contributed by atoms with Crippen molar-refractivity contribution in [3.63, 3.8) is 0 Å². The van der Waals surface area contributed by atoms with E-state index < -0.39 is 12.1 Å². The number of aromatic nitrogens is 2. The van der Waals surface area contributed by atoms with Crippen LogP contribution >= 0.6 is 0 Å². The summed E-state index contributed by atoms with van der Waals surface area (Å²) >= 11 is 0. The fourth-order valence-electron chi connectivity index (χ4n) is 1.54. The Labute approximate surface area is 92.3 Å². The Kier molecular flexibility index (Phi) is 2.87.